The zero-order chi connectivity index (χ0) is 13.1. The number of ketones is 1. The maximum Gasteiger partial charge on any atom is 0.179 e. The van der Waals surface area contributed by atoms with Gasteiger partial charge in [0.2, 0.25) is 0 Å². The highest BCUT2D eigenvalue weighted by Gasteiger charge is 2.27. The van der Waals surface area contributed by atoms with E-state index in [4.69, 9.17) is 0 Å². The Labute approximate surface area is 110 Å². The predicted octanol–water partition coefficient (Wildman–Crippen LogP) is 3.44. The molecule has 2 rings (SSSR count). The second-order valence-corrected chi connectivity index (χ2v) is 5.49. The van der Waals surface area contributed by atoms with Crippen LogP contribution in [0.2, 0.25) is 0 Å². The number of likely N-dealkylation sites (tertiary alicyclic amines) is 1. The van der Waals surface area contributed by atoms with Crippen LogP contribution < -0.4 is 0 Å². The molecule has 2 unspecified atom stereocenters. The van der Waals surface area contributed by atoms with Gasteiger partial charge >= 0.3 is 0 Å². The lowest BCUT2D eigenvalue weighted by atomic mass is 9.97. The van der Waals surface area contributed by atoms with Gasteiger partial charge in [0.15, 0.2) is 5.78 Å². The lowest BCUT2D eigenvalue weighted by Crippen LogP contribution is -2.47. The first-order chi connectivity index (χ1) is 8.59. The Kier molecular flexibility index (Phi) is 4.18. The average Bonchev–Trinajstić information content (AvgIpc) is 2.38. The van der Waals surface area contributed by atoms with Gasteiger partial charge in [-0.05, 0) is 40.2 Å². The minimum Gasteiger partial charge on any atom is -0.292 e. The van der Waals surface area contributed by atoms with Crippen molar-refractivity contribution < 1.29 is 4.79 Å². The molecule has 0 aromatic heterocycles. The summed E-state index contributed by atoms with van der Waals surface area (Å²) in [5.74, 6) is 0.253. The Hall–Kier alpha value is -1.15. The molecular formula is C16H23NO. The van der Waals surface area contributed by atoms with Crippen molar-refractivity contribution in [2.24, 2.45) is 0 Å². The zero-order valence-corrected chi connectivity index (χ0v) is 11.6. The normalized spacial score (nSPS) is 22.7. The molecule has 0 radical (unpaired) electrons. The maximum atomic E-state index is 12.5. The number of nitrogens with zero attached hydrogens (tertiary/aromatic N) is 1. The van der Waals surface area contributed by atoms with Gasteiger partial charge in [-0.15, -0.1) is 0 Å². The Morgan fingerprint density at radius 3 is 2.56 bits per heavy atom. The van der Waals surface area contributed by atoms with Crippen molar-refractivity contribution in [2.45, 2.75) is 52.1 Å². The fourth-order valence-electron chi connectivity index (χ4n) is 2.81. The van der Waals surface area contributed by atoms with Crippen molar-refractivity contribution in [2.75, 3.05) is 6.54 Å². The summed E-state index contributed by atoms with van der Waals surface area (Å²) in [6.45, 7) is 7.38. The quantitative estimate of drug-likeness (QED) is 0.760. The van der Waals surface area contributed by atoms with E-state index in [9.17, 15) is 4.79 Å². The minimum absolute atomic E-state index is 0.00278. The molecule has 0 aliphatic carbocycles. The highest BCUT2D eigenvalue weighted by atomic mass is 16.1. The van der Waals surface area contributed by atoms with Gasteiger partial charge in [-0.3, -0.25) is 9.69 Å². The Morgan fingerprint density at radius 2 is 1.94 bits per heavy atom. The van der Waals surface area contributed by atoms with E-state index in [0.717, 1.165) is 12.1 Å². The summed E-state index contributed by atoms with van der Waals surface area (Å²) in [6.07, 6.45) is 3.73. The summed E-state index contributed by atoms with van der Waals surface area (Å²) in [5.41, 5.74) is 2.04. The summed E-state index contributed by atoms with van der Waals surface area (Å²) < 4.78 is 0. The summed E-state index contributed by atoms with van der Waals surface area (Å²) in [5, 5.41) is 0. The van der Waals surface area contributed by atoms with Crippen molar-refractivity contribution in [3.8, 4) is 0 Å². The number of benzene rings is 1. The number of hydrogen-bond donors (Lipinski definition) is 0. The van der Waals surface area contributed by atoms with Gasteiger partial charge in [0.25, 0.3) is 0 Å². The van der Waals surface area contributed by atoms with Crippen molar-refractivity contribution in [1.82, 2.24) is 4.90 Å². The SMILES string of the molecule is Cc1ccc(C(=O)C(C)N2CCCCC2C)cc1. The lowest BCUT2D eigenvalue weighted by Gasteiger charge is -2.37. The van der Waals surface area contributed by atoms with E-state index >= 15 is 0 Å². The molecule has 18 heavy (non-hydrogen) atoms. The molecule has 2 atom stereocenters. The first-order valence-corrected chi connectivity index (χ1v) is 6.96. The summed E-state index contributed by atoms with van der Waals surface area (Å²) in [7, 11) is 0. The molecule has 0 amide bonds. The summed E-state index contributed by atoms with van der Waals surface area (Å²) in [4.78, 5) is 14.8. The van der Waals surface area contributed by atoms with Gasteiger partial charge in [-0.2, -0.15) is 0 Å². The number of rotatable bonds is 3. The maximum absolute atomic E-state index is 12.5. The highest BCUT2D eigenvalue weighted by Crippen LogP contribution is 2.21. The van der Waals surface area contributed by atoms with Gasteiger partial charge in [-0.1, -0.05) is 36.2 Å². The van der Waals surface area contributed by atoms with Crippen LogP contribution in [0.25, 0.3) is 0 Å². The van der Waals surface area contributed by atoms with Crippen molar-refractivity contribution in [3.05, 3.63) is 35.4 Å². The largest absolute Gasteiger partial charge is 0.292 e. The predicted molar refractivity (Wildman–Crippen MR) is 75.0 cm³/mol. The van der Waals surface area contributed by atoms with E-state index in [-0.39, 0.29) is 11.8 Å². The average molecular weight is 245 g/mol. The number of piperidine rings is 1. The van der Waals surface area contributed by atoms with Crippen LogP contribution >= 0.6 is 0 Å². The smallest absolute Gasteiger partial charge is 0.179 e. The molecule has 0 bridgehead atoms. The molecule has 2 nitrogen and oxygen atoms in total. The molecule has 0 spiro atoms. The van der Waals surface area contributed by atoms with E-state index < -0.39 is 0 Å². The van der Waals surface area contributed by atoms with Gasteiger partial charge < -0.3 is 0 Å². The molecule has 1 aromatic rings. The number of carbonyl (C=O) groups excluding carboxylic acids is 1. The molecule has 0 N–H and O–H groups in total. The fourth-order valence-corrected chi connectivity index (χ4v) is 2.81. The van der Waals surface area contributed by atoms with Crippen molar-refractivity contribution in [3.63, 3.8) is 0 Å². The van der Waals surface area contributed by atoms with Crippen LogP contribution in [0.3, 0.4) is 0 Å². The topological polar surface area (TPSA) is 20.3 Å². The second kappa shape index (κ2) is 5.66. The molecule has 1 heterocycles. The van der Waals surface area contributed by atoms with Crippen LogP contribution in [0.15, 0.2) is 24.3 Å². The third-order valence-corrected chi connectivity index (χ3v) is 4.07. The number of aryl methyl sites for hydroxylation is 1. The molecule has 1 saturated heterocycles. The minimum atomic E-state index is 0.00278. The third-order valence-electron chi connectivity index (χ3n) is 4.07. The van der Waals surface area contributed by atoms with Gasteiger partial charge in [-0.25, -0.2) is 0 Å². The van der Waals surface area contributed by atoms with Gasteiger partial charge in [0.1, 0.15) is 0 Å². The Morgan fingerprint density at radius 1 is 1.28 bits per heavy atom. The van der Waals surface area contributed by atoms with E-state index in [1.165, 1.54) is 24.8 Å². The second-order valence-electron chi connectivity index (χ2n) is 5.49. The monoisotopic (exact) mass is 245 g/mol. The third kappa shape index (κ3) is 2.81. The van der Waals surface area contributed by atoms with Crippen LogP contribution in [0.1, 0.15) is 49.0 Å². The van der Waals surface area contributed by atoms with Crippen LogP contribution in [-0.2, 0) is 0 Å². The zero-order valence-electron chi connectivity index (χ0n) is 11.6. The number of Topliss-reactive ketones (excluding diaryl/α,β-unsaturated/α-hetero) is 1. The number of hydrogen-bond acceptors (Lipinski definition) is 2. The highest BCUT2D eigenvalue weighted by molar-refractivity contribution is 5.99. The molecule has 1 fully saturated rings. The fraction of sp³-hybridized carbons (Fsp3) is 0.562. The van der Waals surface area contributed by atoms with Gasteiger partial charge in [0.05, 0.1) is 6.04 Å². The molecule has 1 aliphatic heterocycles. The van der Waals surface area contributed by atoms with Crippen molar-refractivity contribution in [1.29, 1.82) is 0 Å². The van der Waals surface area contributed by atoms with Crippen LogP contribution in [0.5, 0.6) is 0 Å². The first kappa shape index (κ1) is 13.3. The van der Waals surface area contributed by atoms with E-state index in [1.807, 2.05) is 38.1 Å². The van der Waals surface area contributed by atoms with Crippen LogP contribution in [0.4, 0.5) is 0 Å². The van der Waals surface area contributed by atoms with E-state index in [0.29, 0.717) is 6.04 Å². The van der Waals surface area contributed by atoms with E-state index in [1.54, 1.807) is 0 Å². The number of carbonyl (C=O) groups is 1. The van der Waals surface area contributed by atoms with E-state index in [2.05, 4.69) is 11.8 Å². The summed E-state index contributed by atoms with van der Waals surface area (Å²) >= 11 is 0. The first-order valence-electron chi connectivity index (χ1n) is 6.96. The molecule has 2 heteroatoms. The molecule has 1 aromatic carbocycles. The van der Waals surface area contributed by atoms with Crippen LogP contribution in [0, 0.1) is 6.92 Å². The lowest BCUT2D eigenvalue weighted by molar-refractivity contribution is 0.0701. The summed E-state index contributed by atoms with van der Waals surface area (Å²) in [6, 6.07) is 8.45. The van der Waals surface area contributed by atoms with Crippen molar-refractivity contribution >= 4 is 5.78 Å². The standard InChI is InChI=1S/C16H23NO/c1-12-7-9-15(10-8-12)16(18)14(3)17-11-5-4-6-13(17)2/h7-10,13-14H,4-6,11H2,1-3H3. The Bertz CT molecular complexity index is 410. The molecule has 1 aliphatic rings. The Balaban J connectivity index is 2.10. The van der Waals surface area contributed by atoms with Gasteiger partial charge in [0, 0.05) is 11.6 Å². The molecule has 98 valence electrons. The molecule has 0 saturated carbocycles. The molecular weight excluding hydrogens is 222 g/mol. The van der Waals surface area contributed by atoms with Crippen LogP contribution in [-0.4, -0.2) is 29.3 Å².